The van der Waals surface area contributed by atoms with Crippen LogP contribution in [0.2, 0.25) is 0 Å². The predicted octanol–water partition coefficient (Wildman–Crippen LogP) is 0.888. The predicted molar refractivity (Wildman–Crippen MR) is 51.8 cm³/mol. The van der Waals surface area contributed by atoms with Gasteiger partial charge in [0.1, 0.15) is 5.82 Å². The second kappa shape index (κ2) is 3.93. The first-order valence-corrected chi connectivity index (χ1v) is 4.10. The summed E-state index contributed by atoms with van der Waals surface area (Å²) >= 11 is 0. The third-order valence-corrected chi connectivity index (χ3v) is 1.33. The van der Waals surface area contributed by atoms with E-state index in [1.165, 1.54) is 0 Å². The number of nitrogen functional groups attached to an aromatic ring is 1. The third kappa shape index (κ3) is 2.77. The van der Waals surface area contributed by atoms with E-state index in [4.69, 9.17) is 10.5 Å². The summed E-state index contributed by atoms with van der Waals surface area (Å²) in [5.41, 5.74) is 5.47. The van der Waals surface area contributed by atoms with Crippen LogP contribution in [0.4, 0.5) is 11.8 Å². The molecule has 1 heterocycles. The molecule has 0 radical (unpaired) electrons. The summed E-state index contributed by atoms with van der Waals surface area (Å²) in [5, 5.41) is 2.87. The summed E-state index contributed by atoms with van der Waals surface area (Å²) < 4.78 is 5.37. The Balaban J connectivity index is 2.88. The van der Waals surface area contributed by atoms with E-state index in [0.29, 0.717) is 11.7 Å². The van der Waals surface area contributed by atoms with Crippen LogP contribution in [0.1, 0.15) is 13.8 Å². The number of hydrogen-bond acceptors (Lipinski definition) is 5. The minimum absolute atomic E-state index is 0.0824. The highest BCUT2D eigenvalue weighted by Gasteiger charge is 2.03. The van der Waals surface area contributed by atoms with Gasteiger partial charge in [-0.1, -0.05) is 0 Å². The minimum Gasteiger partial charge on any atom is -0.475 e. The van der Waals surface area contributed by atoms with E-state index in [-0.39, 0.29) is 12.1 Å². The molecule has 5 nitrogen and oxygen atoms in total. The van der Waals surface area contributed by atoms with Gasteiger partial charge in [0, 0.05) is 13.1 Å². The number of ether oxygens (including phenoxy) is 1. The molecule has 0 fully saturated rings. The smallest absolute Gasteiger partial charge is 0.225 e. The molecule has 5 heteroatoms. The molecule has 0 atom stereocenters. The molecule has 0 bridgehead atoms. The van der Waals surface area contributed by atoms with Crippen molar-refractivity contribution in [1.82, 2.24) is 9.97 Å². The molecule has 0 amide bonds. The number of nitrogens with one attached hydrogen (secondary N) is 1. The maximum Gasteiger partial charge on any atom is 0.225 e. The first-order chi connectivity index (χ1) is 6.11. The number of aromatic nitrogens is 2. The zero-order valence-corrected chi connectivity index (χ0v) is 8.03. The molecule has 0 unspecified atom stereocenters. The fourth-order valence-corrected chi connectivity index (χ4v) is 0.873. The van der Waals surface area contributed by atoms with Crippen LogP contribution < -0.4 is 15.8 Å². The molecule has 3 N–H and O–H groups in total. The van der Waals surface area contributed by atoms with Crippen LogP contribution in [0.25, 0.3) is 0 Å². The van der Waals surface area contributed by atoms with E-state index in [2.05, 4.69) is 15.3 Å². The van der Waals surface area contributed by atoms with Gasteiger partial charge in [0.05, 0.1) is 6.10 Å². The second-order valence-electron chi connectivity index (χ2n) is 2.87. The third-order valence-electron chi connectivity index (χ3n) is 1.33. The molecule has 72 valence electrons. The van der Waals surface area contributed by atoms with E-state index in [1.807, 2.05) is 13.8 Å². The summed E-state index contributed by atoms with van der Waals surface area (Å²) in [6, 6.07) is 1.70. The van der Waals surface area contributed by atoms with E-state index in [0.717, 1.165) is 0 Å². The standard InChI is InChI=1S/C8H14N4O/c1-5(2)13-7-4-6(10-3)11-8(9)12-7/h4-5H,1-3H3,(H3,9,10,11,12). The van der Waals surface area contributed by atoms with Crippen LogP contribution in [0.3, 0.4) is 0 Å². The van der Waals surface area contributed by atoms with Gasteiger partial charge in [0.15, 0.2) is 0 Å². The Bertz CT molecular complexity index is 287. The van der Waals surface area contributed by atoms with Crippen LogP contribution in [-0.2, 0) is 0 Å². The molecule has 1 aromatic rings. The van der Waals surface area contributed by atoms with Gasteiger partial charge in [-0.2, -0.15) is 9.97 Å². The molecule has 0 aliphatic rings. The molecule has 0 saturated heterocycles. The Hall–Kier alpha value is -1.52. The van der Waals surface area contributed by atoms with Crippen molar-refractivity contribution in [3.8, 4) is 5.88 Å². The lowest BCUT2D eigenvalue weighted by Gasteiger charge is -2.09. The number of hydrogen-bond donors (Lipinski definition) is 2. The Kier molecular flexibility index (Phi) is 2.89. The number of nitrogens with two attached hydrogens (primary N) is 1. The van der Waals surface area contributed by atoms with Crippen molar-refractivity contribution in [3.05, 3.63) is 6.07 Å². The summed E-state index contributed by atoms with van der Waals surface area (Å²) in [7, 11) is 1.76. The van der Waals surface area contributed by atoms with Gasteiger partial charge >= 0.3 is 0 Å². The first kappa shape index (κ1) is 9.57. The molecule has 0 aliphatic carbocycles. The van der Waals surface area contributed by atoms with Crippen LogP contribution in [0.15, 0.2) is 6.07 Å². The number of rotatable bonds is 3. The number of nitrogens with zero attached hydrogens (tertiary/aromatic N) is 2. The Morgan fingerprint density at radius 3 is 2.69 bits per heavy atom. The van der Waals surface area contributed by atoms with Crippen molar-refractivity contribution < 1.29 is 4.74 Å². The SMILES string of the molecule is CNc1cc(OC(C)C)nc(N)n1. The summed E-state index contributed by atoms with van der Waals surface area (Å²) in [6.07, 6.45) is 0.0824. The van der Waals surface area contributed by atoms with E-state index in [1.54, 1.807) is 13.1 Å². The lowest BCUT2D eigenvalue weighted by molar-refractivity contribution is 0.233. The molecule has 13 heavy (non-hydrogen) atoms. The van der Waals surface area contributed by atoms with Gasteiger partial charge in [-0.25, -0.2) is 0 Å². The van der Waals surface area contributed by atoms with Gasteiger partial charge in [-0.05, 0) is 13.8 Å². The van der Waals surface area contributed by atoms with Gasteiger partial charge in [-0.15, -0.1) is 0 Å². The number of anilines is 2. The Labute approximate surface area is 77.3 Å². The van der Waals surface area contributed by atoms with Crippen molar-refractivity contribution in [1.29, 1.82) is 0 Å². The first-order valence-electron chi connectivity index (χ1n) is 4.10. The largest absolute Gasteiger partial charge is 0.475 e. The highest BCUT2D eigenvalue weighted by Crippen LogP contribution is 2.14. The molecule has 1 aromatic heterocycles. The van der Waals surface area contributed by atoms with E-state index >= 15 is 0 Å². The van der Waals surface area contributed by atoms with Crippen molar-refractivity contribution in [3.63, 3.8) is 0 Å². The van der Waals surface area contributed by atoms with Crippen LogP contribution in [0.5, 0.6) is 5.88 Å². The minimum atomic E-state index is 0.0824. The van der Waals surface area contributed by atoms with Crippen LogP contribution >= 0.6 is 0 Å². The van der Waals surface area contributed by atoms with Gasteiger partial charge in [0.25, 0.3) is 0 Å². The average Bonchev–Trinajstić information content (AvgIpc) is 2.01. The quantitative estimate of drug-likeness (QED) is 0.726. The monoisotopic (exact) mass is 182 g/mol. The summed E-state index contributed by atoms with van der Waals surface area (Å²) in [5.74, 6) is 1.36. The maximum atomic E-state index is 5.47. The van der Waals surface area contributed by atoms with Crippen LogP contribution in [0, 0.1) is 0 Å². The molecule has 0 saturated carbocycles. The fraction of sp³-hybridized carbons (Fsp3) is 0.500. The zero-order valence-electron chi connectivity index (χ0n) is 8.03. The molecule has 0 spiro atoms. The van der Waals surface area contributed by atoms with E-state index < -0.39 is 0 Å². The van der Waals surface area contributed by atoms with Gasteiger partial charge in [-0.3, -0.25) is 0 Å². The lowest BCUT2D eigenvalue weighted by Crippen LogP contribution is -2.09. The molecule has 0 aliphatic heterocycles. The van der Waals surface area contributed by atoms with Crippen LogP contribution in [-0.4, -0.2) is 23.1 Å². The summed E-state index contributed by atoms with van der Waals surface area (Å²) in [4.78, 5) is 7.86. The van der Waals surface area contributed by atoms with Gasteiger partial charge < -0.3 is 15.8 Å². The summed E-state index contributed by atoms with van der Waals surface area (Å²) in [6.45, 7) is 3.86. The lowest BCUT2D eigenvalue weighted by atomic mass is 10.5. The molecule has 1 rings (SSSR count). The normalized spacial score (nSPS) is 10.2. The molecule has 0 aromatic carbocycles. The fourth-order valence-electron chi connectivity index (χ4n) is 0.873. The van der Waals surface area contributed by atoms with Crippen molar-refractivity contribution in [2.24, 2.45) is 0 Å². The highest BCUT2D eigenvalue weighted by molar-refractivity contribution is 5.42. The topological polar surface area (TPSA) is 73.1 Å². The Morgan fingerprint density at radius 1 is 1.46 bits per heavy atom. The van der Waals surface area contributed by atoms with Crippen molar-refractivity contribution in [2.75, 3.05) is 18.1 Å². The molecular weight excluding hydrogens is 168 g/mol. The zero-order chi connectivity index (χ0) is 9.84. The Morgan fingerprint density at radius 2 is 2.15 bits per heavy atom. The van der Waals surface area contributed by atoms with Gasteiger partial charge in [0.2, 0.25) is 11.8 Å². The van der Waals surface area contributed by atoms with Crippen molar-refractivity contribution >= 4 is 11.8 Å². The van der Waals surface area contributed by atoms with E-state index in [9.17, 15) is 0 Å². The van der Waals surface area contributed by atoms with Crippen molar-refractivity contribution in [2.45, 2.75) is 20.0 Å². The molecular formula is C8H14N4O. The highest BCUT2D eigenvalue weighted by atomic mass is 16.5. The average molecular weight is 182 g/mol. The second-order valence-corrected chi connectivity index (χ2v) is 2.87. The maximum absolute atomic E-state index is 5.47.